The fourth-order valence-electron chi connectivity index (χ4n) is 1.70. The average molecular weight is 194 g/mol. The summed E-state index contributed by atoms with van der Waals surface area (Å²) in [5, 5.41) is 0. The van der Waals surface area contributed by atoms with Gasteiger partial charge in [0.25, 0.3) is 0 Å². The molecule has 0 amide bonds. The lowest BCUT2D eigenvalue weighted by atomic mass is 9.90. The summed E-state index contributed by atoms with van der Waals surface area (Å²) in [6.45, 7) is 8.02. The average Bonchev–Trinajstić information content (AvgIpc) is 2.28. The van der Waals surface area contributed by atoms with Gasteiger partial charge in [0, 0.05) is 0 Å². The van der Waals surface area contributed by atoms with E-state index in [0.29, 0.717) is 0 Å². The van der Waals surface area contributed by atoms with Crippen molar-refractivity contribution in [3.05, 3.63) is 24.8 Å². The van der Waals surface area contributed by atoms with Crippen molar-refractivity contribution in [1.29, 1.82) is 0 Å². The van der Waals surface area contributed by atoms with E-state index >= 15 is 0 Å². The highest BCUT2D eigenvalue weighted by molar-refractivity contribution is 4.80. The molecular weight excluding hydrogens is 168 g/mol. The van der Waals surface area contributed by atoms with Crippen molar-refractivity contribution in [2.45, 2.75) is 58.8 Å². The molecule has 0 N–H and O–H groups in total. The first kappa shape index (κ1) is 13.5. The molecule has 1 aliphatic rings. The second kappa shape index (κ2) is 10.6. The second-order valence-electron chi connectivity index (χ2n) is 3.99. The highest BCUT2D eigenvalue weighted by Gasteiger charge is 2.07. The smallest absolute Gasteiger partial charge is 0.0236 e. The molecule has 0 aromatic rings. The van der Waals surface area contributed by atoms with Gasteiger partial charge in [0.2, 0.25) is 0 Å². The first-order valence-electron chi connectivity index (χ1n) is 6.08. The molecule has 1 aliphatic carbocycles. The molecule has 0 heteroatoms. The number of hydrogen-bond acceptors (Lipinski definition) is 0. The second-order valence-corrected chi connectivity index (χ2v) is 3.99. The summed E-state index contributed by atoms with van der Waals surface area (Å²) in [6.07, 6.45) is 16.0. The summed E-state index contributed by atoms with van der Waals surface area (Å²) in [5.74, 6) is 0.851. The Labute approximate surface area is 90.1 Å². The zero-order valence-corrected chi connectivity index (χ0v) is 9.97. The van der Waals surface area contributed by atoms with Crippen molar-refractivity contribution in [1.82, 2.24) is 0 Å². The molecule has 0 aliphatic heterocycles. The molecule has 0 spiro atoms. The third kappa shape index (κ3) is 8.10. The van der Waals surface area contributed by atoms with E-state index in [0.717, 1.165) is 5.92 Å². The Morgan fingerprint density at radius 1 is 1.21 bits per heavy atom. The maximum absolute atomic E-state index is 3.78. The van der Waals surface area contributed by atoms with Crippen molar-refractivity contribution >= 4 is 0 Å². The summed E-state index contributed by atoms with van der Waals surface area (Å²) in [7, 11) is 0. The normalized spacial score (nSPS) is 17.6. The highest BCUT2D eigenvalue weighted by atomic mass is 14.1. The van der Waals surface area contributed by atoms with Gasteiger partial charge >= 0.3 is 0 Å². The van der Waals surface area contributed by atoms with Gasteiger partial charge in [-0.3, -0.25) is 0 Å². The molecule has 0 bridgehead atoms. The van der Waals surface area contributed by atoms with Crippen LogP contribution >= 0.6 is 0 Å². The number of rotatable bonds is 3. The van der Waals surface area contributed by atoms with Crippen LogP contribution in [0.15, 0.2) is 24.8 Å². The van der Waals surface area contributed by atoms with Crippen LogP contribution in [-0.4, -0.2) is 0 Å². The van der Waals surface area contributed by atoms with E-state index in [1.54, 1.807) is 0 Å². The lowest BCUT2D eigenvalue weighted by Gasteiger charge is -2.16. The predicted molar refractivity (Wildman–Crippen MR) is 66.5 cm³/mol. The van der Waals surface area contributed by atoms with E-state index in [1.807, 2.05) is 0 Å². The highest BCUT2D eigenvalue weighted by Crippen LogP contribution is 2.23. The Morgan fingerprint density at radius 2 is 1.86 bits per heavy atom. The van der Waals surface area contributed by atoms with Crippen molar-refractivity contribution in [2.75, 3.05) is 0 Å². The van der Waals surface area contributed by atoms with Crippen LogP contribution in [0, 0.1) is 5.92 Å². The Bertz CT molecular complexity index is 138. The van der Waals surface area contributed by atoms with Crippen molar-refractivity contribution < 1.29 is 0 Å². The molecule has 0 saturated heterocycles. The molecule has 1 saturated carbocycles. The van der Waals surface area contributed by atoms with Gasteiger partial charge < -0.3 is 0 Å². The summed E-state index contributed by atoms with van der Waals surface area (Å²) in [4.78, 5) is 0. The Hall–Kier alpha value is -0.520. The lowest BCUT2D eigenvalue weighted by Crippen LogP contribution is -2.01. The molecule has 0 radical (unpaired) electrons. The Morgan fingerprint density at radius 3 is 2.14 bits per heavy atom. The van der Waals surface area contributed by atoms with Gasteiger partial charge in [0.05, 0.1) is 0 Å². The van der Waals surface area contributed by atoms with Gasteiger partial charge in [-0.1, -0.05) is 50.8 Å². The molecule has 14 heavy (non-hydrogen) atoms. The van der Waals surface area contributed by atoms with Gasteiger partial charge in [-0.15, -0.1) is 6.58 Å². The summed E-state index contributed by atoms with van der Waals surface area (Å²) >= 11 is 0. The zero-order chi connectivity index (χ0) is 10.6. The standard InChI is InChI=1S/C8H14.C6H12/c1-2-8-6-4-3-5-7-8;1-3-5-6-4-2/h2,8H,1,3-7H2;3,5H,4,6H2,1-2H3/b;5-3+. The summed E-state index contributed by atoms with van der Waals surface area (Å²) < 4.78 is 0. The minimum absolute atomic E-state index is 0.851. The summed E-state index contributed by atoms with van der Waals surface area (Å²) in [5.41, 5.74) is 0. The van der Waals surface area contributed by atoms with E-state index < -0.39 is 0 Å². The molecule has 0 nitrogen and oxygen atoms in total. The van der Waals surface area contributed by atoms with Gasteiger partial charge in [-0.2, -0.15) is 0 Å². The maximum atomic E-state index is 3.78. The maximum Gasteiger partial charge on any atom is -0.0236 e. The van der Waals surface area contributed by atoms with Gasteiger partial charge in [0.15, 0.2) is 0 Å². The van der Waals surface area contributed by atoms with E-state index in [9.17, 15) is 0 Å². The van der Waals surface area contributed by atoms with Crippen LogP contribution in [0.4, 0.5) is 0 Å². The number of allylic oxidation sites excluding steroid dienone is 3. The third-order valence-electron chi connectivity index (χ3n) is 2.67. The number of hydrogen-bond donors (Lipinski definition) is 0. The monoisotopic (exact) mass is 194 g/mol. The molecule has 1 rings (SSSR count). The van der Waals surface area contributed by atoms with Crippen LogP contribution < -0.4 is 0 Å². The van der Waals surface area contributed by atoms with Gasteiger partial charge in [-0.25, -0.2) is 0 Å². The summed E-state index contributed by atoms with van der Waals surface area (Å²) in [6, 6.07) is 0. The van der Waals surface area contributed by atoms with Crippen LogP contribution in [0.5, 0.6) is 0 Å². The molecule has 0 aromatic heterocycles. The molecular formula is C14H26. The van der Waals surface area contributed by atoms with Crippen LogP contribution in [0.1, 0.15) is 58.8 Å². The van der Waals surface area contributed by atoms with Crippen LogP contribution in [0.2, 0.25) is 0 Å². The fourth-order valence-corrected chi connectivity index (χ4v) is 1.70. The predicted octanol–water partition coefficient (Wildman–Crippen LogP) is 5.12. The molecule has 1 fully saturated rings. The topological polar surface area (TPSA) is 0 Å². The first-order chi connectivity index (χ1) is 6.85. The van der Waals surface area contributed by atoms with Crippen molar-refractivity contribution in [3.8, 4) is 0 Å². The zero-order valence-electron chi connectivity index (χ0n) is 9.97. The largest absolute Gasteiger partial charge is 0.103 e. The molecule has 82 valence electrons. The Balaban J connectivity index is 0.000000255. The van der Waals surface area contributed by atoms with E-state index in [-0.39, 0.29) is 0 Å². The molecule has 0 aromatic carbocycles. The van der Waals surface area contributed by atoms with Crippen molar-refractivity contribution in [3.63, 3.8) is 0 Å². The van der Waals surface area contributed by atoms with Crippen LogP contribution in [-0.2, 0) is 0 Å². The quantitative estimate of drug-likeness (QED) is 0.547. The van der Waals surface area contributed by atoms with Crippen LogP contribution in [0.3, 0.4) is 0 Å². The van der Waals surface area contributed by atoms with Crippen molar-refractivity contribution in [2.24, 2.45) is 5.92 Å². The lowest BCUT2D eigenvalue weighted by molar-refractivity contribution is 0.420. The minimum atomic E-state index is 0.851. The van der Waals surface area contributed by atoms with E-state index in [2.05, 4.69) is 38.7 Å². The third-order valence-corrected chi connectivity index (χ3v) is 2.67. The first-order valence-corrected chi connectivity index (χ1v) is 6.08. The number of unbranched alkanes of at least 4 members (excludes halogenated alkanes) is 1. The van der Waals surface area contributed by atoms with Crippen LogP contribution in [0.25, 0.3) is 0 Å². The Kier molecular flexibility index (Phi) is 10.2. The molecule has 0 heterocycles. The van der Waals surface area contributed by atoms with Gasteiger partial charge in [0.1, 0.15) is 0 Å². The molecule has 0 unspecified atom stereocenters. The minimum Gasteiger partial charge on any atom is -0.103 e. The molecule has 0 atom stereocenters. The fraction of sp³-hybridized carbons (Fsp3) is 0.714. The van der Waals surface area contributed by atoms with E-state index in [1.165, 1.54) is 44.9 Å². The van der Waals surface area contributed by atoms with Gasteiger partial charge in [-0.05, 0) is 32.1 Å². The van der Waals surface area contributed by atoms with E-state index in [4.69, 9.17) is 0 Å². The SMILES string of the molecule is C/C=C/CCC.C=CC1CCCCC1.